The fourth-order valence-corrected chi connectivity index (χ4v) is 4.24. The molecule has 102 valence electrons. The number of nitrogens with zero attached hydrogens (tertiary/aromatic N) is 1. The van der Waals surface area contributed by atoms with Crippen molar-refractivity contribution in [3.8, 4) is 0 Å². The molecule has 2 heterocycles. The van der Waals surface area contributed by atoms with Crippen LogP contribution in [0.2, 0.25) is 0 Å². The van der Waals surface area contributed by atoms with Gasteiger partial charge in [0.25, 0.3) is 5.91 Å². The Kier molecular flexibility index (Phi) is 3.31. The summed E-state index contributed by atoms with van der Waals surface area (Å²) in [6, 6.07) is 2.04. The molecule has 1 fully saturated rings. The molecule has 0 spiro atoms. The quantitative estimate of drug-likeness (QED) is 0.922. The topological polar surface area (TPSA) is 57.6 Å². The number of carbonyl (C=O) groups is 2. The van der Waals surface area contributed by atoms with Crippen LogP contribution in [0, 0.1) is 5.92 Å². The van der Waals surface area contributed by atoms with Gasteiger partial charge in [-0.25, -0.2) is 0 Å². The first-order chi connectivity index (χ1) is 9.13. The summed E-state index contributed by atoms with van der Waals surface area (Å²) in [6.07, 6.45) is 4.39. The van der Waals surface area contributed by atoms with Gasteiger partial charge in [-0.1, -0.05) is 0 Å². The standard InChI is InChI=1S/C14H17NO3S/c16-13(17)6-9-4-5-15(8-9)14(18)12-7-10-2-1-3-11(10)19-12/h7,9H,1-6,8H2,(H,16,17). The van der Waals surface area contributed by atoms with E-state index in [-0.39, 0.29) is 18.2 Å². The molecule has 1 aliphatic carbocycles. The maximum absolute atomic E-state index is 12.4. The molecule has 1 unspecified atom stereocenters. The Morgan fingerprint density at radius 3 is 3.00 bits per heavy atom. The maximum Gasteiger partial charge on any atom is 0.303 e. The fourth-order valence-electron chi connectivity index (χ4n) is 3.02. The number of likely N-dealkylation sites (tertiary alicyclic amines) is 1. The Labute approximate surface area is 116 Å². The van der Waals surface area contributed by atoms with E-state index in [0.717, 1.165) is 24.1 Å². The van der Waals surface area contributed by atoms with E-state index in [4.69, 9.17) is 5.11 Å². The summed E-state index contributed by atoms with van der Waals surface area (Å²) in [5.41, 5.74) is 1.34. The second kappa shape index (κ2) is 4.96. The Bertz CT molecular complexity index is 501. The van der Waals surface area contributed by atoms with Crippen molar-refractivity contribution in [3.05, 3.63) is 21.4 Å². The lowest BCUT2D eigenvalue weighted by Crippen LogP contribution is -2.28. The van der Waals surface area contributed by atoms with E-state index < -0.39 is 5.97 Å². The van der Waals surface area contributed by atoms with Crippen molar-refractivity contribution in [2.75, 3.05) is 13.1 Å². The Hall–Kier alpha value is -1.36. The Balaban J connectivity index is 1.66. The molecule has 1 aliphatic heterocycles. The van der Waals surface area contributed by atoms with Crippen molar-refractivity contribution in [2.45, 2.75) is 32.1 Å². The number of thiophene rings is 1. The van der Waals surface area contributed by atoms with Gasteiger partial charge < -0.3 is 10.0 Å². The third-order valence-electron chi connectivity index (χ3n) is 3.99. The highest BCUT2D eigenvalue weighted by molar-refractivity contribution is 7.14. The van der Waals surface area contributed by atoms with Crippen LogP contribution in [0.5, 0.6) is 0 Å². The predicted molar refractivity (Wildman–Crippen MR) is 72.6 cm³/mol. The maximum atomic E-state index is 12.4. The summed E-state index contributed by atoms with van der Waals surface area (Å²) in [6.45, 7) is 1.28. The van der Waals surface area contributed by atoms with Gasteiger partial charge in [0.15, 0.2) is 0 Å². The first-order valence-corrected chi connectivity index (χ1v) is 7.58. The lowest BCUT2D eigenvalue weighted by molar-refractivity contribution is -0.138. The molecule has 1 aromatic rings. The van der Waals surface area contributed by atoms with E-state index in [1.54, 1.807) is 11.3 Å². The molecule has 1 N–H and O–H groups in total. The largest absolute Gasteiger partial charge is 0.481 e. The van der Waals surface area contributed by atoms with Gasteiger partial charge >= 0.3 is 5.97 Å². The van der Waals surface area contributed by atoms with Gasteiger partial charge in [-0.05, 0) is 43.2 Å². The summed E-state index contributed by atoms with van der Waals surface area (Å²) < 4.78 is 0. The molecule has 0 aromatic carbocycles. The van der Waals surface area contributed by atoms with Gasteiger partial charge in [-0.15, -0.1) is 11.3 Å². The highest BCUT2D eigenvalue weighted by Crippen LogP contribution is 2.32. The van der Waals surface area contributed by atoms with E-state index in [9.17, 15) is 9.59 Å². The summed E-state index contributed by atoms with van der Waals surface area (Å²) >= 11 is 1.62. The normalized spacial score (nSPS) is 21.7. The number of aliphatic carboxylic acids is 1. The number of carboxylic acid groups (broad SMARTS) is 1. The van der Waals surface area contributed by atoms with Crippen LogP contribution in [-0.2, 0) is 17.6 Å². The lowest BCUT2D eigenvalue weighted by atomic mass is 10.1. The molecule has 5 heteroatoms. The third kappa shape index (κ3) is 2.52. The molecule has 2 aliphatic rings. The van der Waals surface area contributed by atoms with Crippen LogP contribution in [0.3, 0.4) is 0 Å². The minimum absolute atomic E-state index is 0.0901. The SMILES string of the molecule is O=C(O)CC1CCN(C(=O)c2cc3c(s2)CCC3)C1. The van der Waals surface area contributed by atoms with Crippen molar-refractivity contribution in [1.29, 1.82) is 0 Å². The lowest BCUT2D eigenvalue weighted by Gasteiger charge is -2.15. The molecule has 1 aromatic heterocycles. The van der Waals surface area contributed by atoms with Gasteiger partial charge in [-0.3, -0.25) is 9.59 Å². The smallest absolute Gasteiger partial charge is 0.303 e. The van der Waals surface area contributed by atoms with Crippen LogP contribution in [0.1, 0.15) is 39.4 Å². The van der Waals surface area contributed by atoms with Crippen LogP contribution in [-0.4, -0.2) is 35.0 Å². The van der Waals surface area contributed by atoms with Crippen molar-refractivity contribution in [3.63, 3.8) is 0 Å². The van der Waals surface area contributed by atoms with E-state index in [1.807, 2.05) is 11.0 Å². The number of aryl methyl sites for hydroxylation is 2. The minimum atomic E-state index is -0.769. The van der Waals surface area contributed by atoms with Gasteiger partial charge in [0.1, 0.15) is 0 Å². The monoisotopic (exact) mass is 279 g/mol. The van der Waals surface area contributed by atoms with E-state index in [0.29, 0.717) is 13.1 Å². The number of fused-ring (bicyclic) bond motifs is 1. The van der Waals surface area contributed by atoms with Crippen LogP contribution in [0.15, 0.2) is 6.07 Å². The first kappa shape index (κ1) is 12.7. The molecule has 0 bridgehead atoms. The highest BCUT2D eigenvalue weighted by Gasteiger charge is 2.30. The van der Waals surface area contributed by atoms with Crippen LogP contribution in [0.4, 0.5) is 0 Å². The van der Waals surface area contributed by atoms with E-state index in [2.05, 4.69) is 0 Å². The van der Waals surface area contributed by atoms with Crippen molar-refractivity contribution in [1.82, 2.24) is 4.90 Å². The summed E-state index contributed by atoms with van der Waals surface area (Å²) in [5, 5.41) is 8.79. The Morgan fingerprint density at radius 2 is 2.26 bits per heavy atom. The molecule has 4 nitrogen and oxygen atoms in total. The van der Waals surface area contributed by atoms with Crippen molar-refractivity contribution in [2.24, 2.45) is 5.92 Å². The molecule has 1 amide bonds. The molecule has 1 atom stereocenters. The van der Waals surface area contributed by atoms with E-state index >= 15 is 0 Å². The van der Waals surface area contributed by atoms with Crippen LogP contribution >= 0.6 is 11.3 Å². The predicted octanol–water partition coefficient (Wildman–Crippen LogP) is 2.17. The number of amides is 1. The molecule has 0 saturated carbocycles. The van der Waals surface area contributed by atoms with Gasteiger partial charge in [0, 0.05) is 24.4 Å². The van der Waals surface area contributed by atoms with Gasteiger partial charge in [0.05, 0.1) is 4.88 Å². The van der Waals surface area contributed by atoms with Crippen LogP contribution < -0.4 is 0 Å². The van der Waals surface area contributed by atoms with Crippen molar-refractivity contribution < 1.29 is 14.7 Å². The Morgan fingerprint density at radius 1 is 1.42 bits per heavy atom. The molecule has 1 saturated heterocycles. The highest BCUT2D eigenvalue weighted by atomic mass is 32.1. The second-order valence-electron chi connectivity index (χ2n) is 5.42. The fraction of sp³-hybridized carbons (Fsp3) is 0.571. The zero-order chi connectivity index (χ0) is 13.4. The molecule has 3 rings (SSSR count). The average molecular weight is 279 g/mol. The van der Waals surface area contributed by atoms with E-state index in [1.165, 1.54) is 16.9 Å². The molecule has 19 heavy (non-hydrogen) atoms. The summed E-state index contributed by atoms with van der Waals surface area (Å²) in [4.78, 5) is 27.1. The van der Waals surface area contributed by atoms with Crippen molar-refractivity contribution >= 4 is 23.2 Å². The second-order valence-corrected chi connectivity index (χ2v) is 6.55. The number of hydrogen-bond acceptors (Lipinski definition) is 3. The minimum Gasteiger partial charge on any atom is -0.481 e. The number of hydrogen-bond donors (Lipinski definition) is 1. The van der Waals surface area contributed by atoms with Gasteiger partial charge in [0.2, 0.25) is 0 Å². The van der Waals surface area contributed by atoms with Gasteiger partial charge in [-0.2, -0.15) is 0 Å². The number of carbonyl (C=O) groups excluding carboxylic acids is 1. The zero-order valence-electron chi connectivity index (χ0n) is 10.7. The molecular formula is C14H17NO3S. The number of carboxylic acids is 1. The summed E-state index contributed by atoms with van der Waals surface area (Å²) in [7, 11) is 0. The average Bonchev–Trinajstić information content (AvgIpc) is 2.99. The first-order valence-electron chi connectivity index (χ1n) is 6.76. The molecule has 0 radical (unpaired) electrons. The zero-order valence-corrected chi connectivity index (χ0v) is 11.5. The number of rotatable bonds is 3. The van der Waals surface area contributed by atoms with Crippen LogP contribution in [0.25, 0.3) is 0 Å². The summed E-state index contributed by atoms with van der Waals surface area (Å²) in [5.74, 6) is -0.560. The molecular weight excluding hydrogens is 262 g/mol. The third-order valence-corrected chi connectivity index (χ3v) is 5.22.